The summed E-state index contributed by atoms with van der Waals surface area (Å²) in [6.45, 7) is 10.0. The maximum Gasteiger partial charge on any atom is 0.410 e. The molecule has 0 unspecified atom stereocenters. The average molecular weight is 349 g/mol. The van der Waals surface area contributed by atoms with Gasteiger partial charge in [-0.15, -0.1) is 0 Å². The van der Waals surface area contributed by atoms with E-state index in [1.54, 1.807) is 18.1 Å². The summed E-state index contributed by atoms with van der Waals surface area (Å²) in [5.74, 6) is 0.672. The number of carbonyl (C=O) groups excluding carboxylic acids is 1. The minimum absolute atomic E-state index is 0.285. The molecule has 1 aromatic heterocycles. The maximum atomic E-state index is 12.2. The Morgan fingerprint density at radius 2 is 2.04 bits per heavy atom. The van der Waals surface area contributed by atoms with Gasteiger partial charge in [-0.1, -0.05) is 13.0 Å². The normalized spacial score (nSPS) is 11.8. The van der Waals surface area contributed by atoms with Crippen molar-refractivity contribution in [1.82, 2.24) is 20.5 Å². The Morgan fingerprint density at radius 1 is 1.28 bits per heavy atom. The highest BCUT2D eigenvalue weighted by molar-refractivity contribution is 5.79. The molecule has 0 aliphatic carbocycles. The second-order valence-corrected chi connectivity index (χ2v) is 6.64. The van der Waals surface area contributed by atoms with E-state index >= 15 is 0 Å². The van der Waals surface area contributed by atoms with Crippen LogP contribution < -0.4 is 10.6 Å². The van der Waals surface area contributed by atoms with Gasteiger partial charge in [-0.25, -0.2) is 4.79 Å². The van der Waals surface area contributed by atoms with E-state index in [1.807, 2.05) is 45.9 Å². The third-order valence-electron chi connectivity index (χ3n) is 3.21. The lowest BCUT2D eigenvalue weighted by Gasteiger charge is -2.27. The molecule has 7 heteroatoms. The summed E-state index contributed by atoms with van der Waals surface area (Å²) in [4.78, 5) is 22.4. The molecule has 7 nitrogen and oxygen atoms in total. The highest BCUT2D eigenvalue weighted by Gasteiger charge is 2.21. The van der Waals surface area contributed by atoms with E-state index in [2.05, 4.69) is 20.6 Å². The lowest BCUT2D eigenvalue weighted by Crippen LogP contribution is -2.44. The van der Waals surface area contributed by atoms with E-state index in [0.29, 0.717) is 32.1 Å². The topological polar surface area (TPSA) is 78.9 Å². The van der Waals surface area contributed by atoms with Gasteiger partial charge in [0.05, 0.1) is 12.2 Å². The predicted molar refractivity (Wildman–Crippen MR) is 101 cm³/mol. The number of pyridine rings is 1. The van der Waals surface area contributed by atoms with Gasteiger partial charge < -0.3 is 20.3 Å². The molecule has 0 radical (unpaired) electrons. The van der Waals surface area contributed by atoms with Crippen LogP contribution in [0.25, 0.3) is 0 Å². The van der Waals surface area contributed by atoms with Crippen molar-refractivity contribution in [1.29, 1.82) is 0 Å². The number of nitrogens with one attached hydrogen (secondary N) is 2. The lowest BCUT2D eigenvalue weighted by molar-refractivity contribution is 0.0253. The van der Waals surface area contributed by atoms with Crippen LogP contribution in [-0.4, -0.2) is 54.2 Å². The van der Waals surface area contributed by atoms with Gasteiger partial charge >= 0.3 is 6.09 Å². The number of amides is 1. The zero-order chi connectivity index (χ0) is 18.7. The van der Waals surface area contributed by atoms with Crippen LogP contribution in [0.4, 0.5) is 4.79 Å². The summed E-state index contributed by atoms with van der Waals surface area (Å²) in [6.07, 6.45) is 2.36. The molecular weight excluding hydrogens is 318 g/mol. The van der Waals surface area contributed by atoms with Crippen LogP contribution in [0.2, 0.25) is 0 Å². The van der Waals surface area contributed by atoms with Crippen molar-refractivity contribution in [3.63, 3.8) is 0 Å². The summed E-state index contributed by atoms with van der Waals surface area (Å²) >= 11 is 0. The standard InChI is InChI=1S/C18H31N5O2/c1-6-12-23(17(24)25-18(2,3)4)13-11-21-16(19-5)22-14-15-9-7-8-10-20-15/h7-10H,6,11-14H2,1-5H3,(H2,19,21,22). The molecule has 140 valence electrons. The molecule has 0 saturated heterocycles. The van der Waals surface area contributed by atoms with Gasteiger partial charge in [0.25, 0.3) is 0 Å². The highest BCUT2D eigenvalue weighted by atomic mass is 16.6. The van der Waals surface area contributed by atoms with E-state index in [0.717, 1.165) is 12.1 Å². The van der Waals surface area contributed by atoms with E-state index in [4.69, 9.17) is 4.74 Å². The molecule has 0 atom stereocenters. The fourth-order valence-corrected chi connectivity index (χ4v) is 2.10. The smallest absolute Gasteiger partial charge is 0.410 e. The van der Waals surface area contributed by atoms with Crippen molar-refractivity contribution < 1.29 is 9.53 Å². The van der Waals surface area contributed by atoms with Gasteiger partial charge in [-0.05, 0) is 39.3 Å². The Labute approximate surface area is 150 Å². The molecule has 2 N–H and O–H groups in total. The SMILES string of the molecule is CCCN(CCNC(=NC)NCc1ccccn1)C(=O)OC(C)(C)C. The number of nitrogens with zero attached hydrogens (tertiary/aromatic N) is 3. The third kappa shape index (κ3) is 8.93. The maximum absolute atomic E-state index is 12.2. The minimum Gasteiger partial charge on any atom is -0.444 e. The van der Waals surface area contributed by atoms with Gasteiger partial charge in [0, 0.05) is 32.9 Å². The van der Waals surface area contributed by atoms with Crippen molar-refractivity contribution in [2.24, 2.45) is 4.99 Å². The van der Waals surface area contributed by atoms with Crippen molar-refractivity contribution in [3.05, 3.63) is 30.1 Å². The summed E-state index contributed by atoms with van der Waals surface area (Å²) in [7, 11) is 1.71. The van der Waals surface area contributed by atoms with Crippen LogP contribution in [0, 0.1) is 0 Å². The number of hydrogen-bond acceptors (Lipinski definition) is 4. The molecule has 0 fully saturated rings. The average Bonchev–Trinajstić information content (AvgIpc) is 2.56. The first-order valence-electron chi connectivity index (χ1n) is 8.68. The van der Waals surface area contributed by atoms with Gasteiger partial charge in [-0.3, -0.25) is 9.98 Å². The summed E-state index contributed by atoms with van der Waals surface area (Å²) in [5.41, 5.74) is 0.448. The Morgan fingerprint density at radius 3 is 2.60 bits per heavy atom. The van der Waals surface area contributed by atoms with Crippen molar-refractivity contribution in [2.45, 2.75) is 46.3 Å². The quantitative estimate of drug-likeness (QED) is 0.584. The minimum atomic E-state index is -0.489. The number of aromatic nitrogens is 1. The van der Waals surface area contributed by atoms with Crippen LogP contribution in [-0.2, 0) is 11.3 Å². The van der Waals surface area contributed by atoms with Crippen LogP contribution in [0.3, 0.4) is 0 Å². The number of hydrogen-bond donors (Lipinski definition) is 2. The Bertz CT molecular complexity index is 540. The van der Waals surface area contributed by atoms with Gasteiger partial charge in [-0.2, -0.15) is 0 Å². The van der Waals surface area contributed by atoms with E-state index < -0.39 is 5.60 Å². The number of ether oxygens (including phenoxy) is 1. The Hall–Kier alpha value is -2.31. The molecule has 0 bridgehead atoms. The Balaban J connectivity index is 2.43. The monoisotopic (exact) mass is 349 g/mol. The predicted octanol–water partition coefficient (Wildman–Crippen LogP) is 2.39. The number of carbonyl (C=O) groups is 1. The molecule has 0 spiro atoms. The molecule has 0 aliphatic rings. The fourth-order valence-electron chi connectivity index (χ4n) is 2.10. The van der Waals surface area contributed by atoms with Crippen LogP contribution in [0.1, 0.15) is 39.8 Å². The van der Waals surface area contributed by atoms with Crippen molar-refractivity contribution in [3.8, 4) is 0 Å². The second-order valence-electron chi connectivity index (χ2n) is 6.64. The number of guanidine groups is 1. The molecule has 25 heavy (non-hydrogen) atoms. The van der Waals surface area contributed by atoms with Crippen molar-refractivity contribution >= 4 is 12.1 Å². The molecule has 1 rings (SSSR count). The second kappa shape index (κ2) is 10.5. The fraction of sp³-hybridized carbons (Fsp3) is 0.611. The van der Waals surface area contributed by atoms with Gasteiger partial charge in [0.1, 0.15) is 5.60 Å². The summed E-state index contributed by atoms with van der Waals surface area (Å²) in [5, 5.41) is 6.41. The van der Waals surface area contributed by atoms with Gasteiger partial charge in [0.15, 0.2) is 5.96 Å². The summed E-state index contributed by atoms with van der Waals surface area (Å²) < 4.78 is 5.45. The molecule has 0 aromatic carbocycles. The number of rotatable bonds is 7. The van der Waals surface area contributed by atoms with E-state index in [9.17, 15) is 4.79 Å². The first-order valence-corrected chi connectivity index (χ1v) is 8.68. The molecular formula is C18H31N5O2. The first-order chi connectivity index (χ1) is 11.9. The molecule has 1 heterocycles. The van der Waals surface area contributed by atoms with Crippen LogP contribution in [0.15, 0.2) is 29.4 Å². The first kappa shape index (κ1) is 20.7. The summed E-state index contributed by atoms with van der Waals surface area (Å²) in [6, 6.07) is 5.78. The zero-order valence-corrected chi connectivity index (χ0v) is 16.0. The lowest BCUT2D eigenvalue weighted by atomic mass is 10.2. The largest absolute Gasteiger partial charge is 0.444 e. The highest BCUT2D eigenvalue weighted by Crippen LogP contribution is 2.10. The molecule has 1 amide bonds. The van der Waals surface area contributed by atoms with E-state index in [-0.39, 0.29) is 6.09 Å². The molecule has 0 aliphatic heterocycles. The molecule has 0 saturated carbocycles. The van der Waals surface area contributed by atoms with Gasteiger partial charge in [0.2, 0.25) is 0 Å². The molecule has 1 aromatic rings. The van der Waals surface area contributed by atoms with Crippen LogP contribution >= 0.6 is 0 Å². The van der Waals surface area contributed by atoms with Crippen molar-refractivity contribution in [2.75, 3.05) is 26.7 Å². The third-order valence-corrected chi connectivity index (χ3v) is 3.21. The zero-order valence-electron chi connectivity index (χ0n) is 16.0. The number of aliphatic imine (C=N–C) groups is 1. The Kier molecular flexibility index (Phi) is 8.74. The van der Waals surface area contributed by atoms with E-state index in [1.165, 1.54) is 0 Å². The van der Waals surface area contributed by atoms with Crippen LogP contribution in [0.5, 0.6) is 0 Å².